The summed E-state index contributed by atoms with van der Waals surface area (Å²) in [4.78, 5) is 11.4. The lowest BCUT2D eigenvalue weighted by Gasteiger charge is -2.32. The quantitative estimate of drug-likeness (QED) is 0.649. The molecule has 0 bridgehead atoms. The van der Waals surface area contributed by atoms with Gasteiger partial charge in [0.05, 0.1) is 17.1 Å². The Labute approximate surface area is 93.5 Å². The molecule has 0 aromatic carbocycles. The zero-order valence-electron chi connectivity index (χ0n) is 8.45. The van der Waals surface area contributed by atoms with E-state index < -0.39 is 0 Å². The fraction of sp³-hybridized carbons (Fsp3) is 0.900. The van der Waals surface area contributed by atoms with E-state index in [2.05, 4.69) is 23.5 Å². The largest absolute Gasteiger partial charge is 0.469 e. The molecule has 0 aromatic heterocycles. The number of carbonyl (C=O) groups is 1. The van der Waals surface area contributed by atoms with E-state index >= 15 is 0 Å². The second kappa shape index (κ2) is 4.35. The van der Waals surface area contributed by atoms with Gasteiger partial charge in [0.1, 0.15) is 0 Å². The monoisotopic (exact) mass is 232 g/mol. The number of esters is 1. The molecule has 0 unspecified atom stereocenters. The number of hydrogen-bond donors (Lipinski definition) is 0. The highest BCUT2D eigenvalue weighted by Gasteiger charge is 2.44. The van der Waals surface area contributed by atoms with Gasteiger partial charge in [0.15, 0.2) is 0 Å². The Morgan fingerprint density at radius 3 is 2.79 bits per heavy atom. The van der Waals surface area contributed by atoms with Gasteiger partial charge in [0.25, 0.3) is 0 Å². The van der Waals surface area contributed by atoms with Crippen LogP contribution in [0.15, 0.2) is 0 Å². The van der Waals surface area contributed by atoms with E-state index in [4.69, 9.17) is 4.74 Å². The highest BCUT2D eigenvalue weighted by atomic mass is 32.2. The van der Waals surface area contributed by atoms with E-state index in [1.807, 2.05) is 0 Å². The van der Waals surface area contributed by atoms with Crippen LogP contribution in [-0.2, 0) is 9.53 Å². The molecule has 0 radical (unpaired) electrons. The van der Waals surface area contributed by atoms with Crippen LogP contribution in [0, 0.1) is 5.92 Å². The molecule has 2 fully saturated rings. The third kappa shape index (κ3) is 2.06. The molecule has 14 heavy (non-hydrogen) atoms. The predicted molar refractivity (Wildman–Crippen MR) is 61.6 cm³/mol. The number of thioether (sulfide) groups is 2. The first-order valence-electron chi connectivity index (χ1n) is 5.11. The van der Waals surface area contributed by atoms with E-state index in [9.17, 15) is 4.79 Å². The third-order valence-corrected chi connectivity index (χ3v) is 6.47. The van der Waals surface area contributed by atoms with Gasteiger partial charge in [0, 0.05) is 0 Å². The number of hydrogen-bond acceptors (Lipinski definition) is 4. The maximum atomic E-state index is 11.4. The van der Waals surface area contributed by atoms with E-state index in [0.717, 1.165) is 12.8 Å². The Kier molecular flexibility index (Phi) is 3.32. The van der Waals surface area contributed by atoms with Crippen LogP contribution < -0.4 is 0 Å². The minimum absolute atomic E-state index is 0.00588. The Balaban J connectivity index is 1.95. The first kappa shape index (κ1) is 10.7. The van der Waals surface area contributed by atoms with Crippen molar-refractivity contribution in [1.82, 2.24) is 0 Å². The predicted octanol–water partition coefficient (Wildman–Crippen LogP) is 2.53. The third-order valence-electron chi connectivity index (χ3n) is 2.98. The number of rotatable bonds is 1. The van der Waals surface area contributed by atoms with Crippen LogP contribution in [0.4, 0.5) is 0 Å². The van der Waals surface area contributed by atoms with Gasteiger partial charge in [-0.3, -0.25) is 4.79 Å². The number of ether oxygens (including phenoxy) is 1. The Bertz CT molecular complexity index is 224. The summed E-state index contributed by atoms with van der Waals surface area (Å²) in [7, 11) is 1.49. The lowest BCUT2D eigenvalue weighted by Crippen LogP contribution is -2.23. The van der Waals surface area contributed by atoms with Crippen molar-refractivity contribution >= 4 is 29.5 Å². The molecule has 0 amide bonds. The summed E-state index contributed by atoms with van der Waals surface area (Å²) in [5, 5.41) is 0. The zero-order valence-corrected chi connectivity index (χ0v) is 10.1. The van der Waals surface area contributed by atoms with E-state index in [-0.39, 0.29) is 11.9 Å². The summed E-state index contributed by atoms with van der Waals surface area (Å²) in [6.45, 7) is 0. The fourth-order valence-corrected chi connectivity index (χ4v) is 5.72. The Morgan fingerprint density at radius 2 is 2.14 bits per heavy atom. The molecular formula is C10H16O2S2. The SMILES string of the molecule is COC(=O)[C@@H]1CCC2(C1)SCCCS2. The Morgan fingerprint density at radius 1 is 1.43 bits per heavy atom. The standard InChI is InChI=1S/C10H16O2S2/c1-12-9(11)8-3-4-10(7-8)13-5-2-6-14-10/h8H,2-7H2,1H3/t8-/m1/s1. The number of methoxy groups -OCH3 is 1. The molecule has 0 aromatic rings. The van der Waals surface area contributed by atoms with Crippen LogP contribution in [0.2, 0.25) is 0 Å². The van der Waals surface area contributed by atoms with Crippen LogP contribution in [0.1, 0.15) is 25.7 Å². The van der Waals surface area contributed by atoms with Crippen molar-refractivity contribution in [2.45, 2.75) is 29.8 Å². The summed E-state index contributed by atoms with van der Waals surface area (Å²) in [6.07, 6.45) is 4.55. The average Bonchev–Trinajstić information content (AvgIpc) is 2.62. The molecule has 1 spiro atoms. The molecule has 1 aliphatic carbocycles. The van der Waals surface area contributed by atoms with Gasteiger partial charge in [-0.1, -0.05) is 0 Å². The molecule has 80 valence electrons. The van der Waals surface area contributed by atoms with Gasteiger partial charge < -0.3 is 4.74 Å². The second-order valence-corrected chi connectivity index (χ2v) is 7.14. The molecular weight excluding hydrogens is 216 g/mol. The van der Waals surface area contributed by atoms with Gasteiger partial charge in [0.2, 0.25) is 0 Å². The van der Waals surface area contributed by atoms with E-state index in [1.54, 1.807) is 0 Å². The second-order valence-electron chi connectivity index (χ2n) is 3.92. The van der Waals surface area contributed by atoms with Crippen molar-refractivity contribution in [3.63, 3.8) is 0 Å². The number of carbonyl (C=O) groups excluding carboxylic acids is 1. The van der Waals surface area contributed by atoms with Gasteiger partial charge in [-0.25, -0.2) is 0 Å². The van der Waals surface area contributed by atoms with Crippen LogP contribution >= 0.6 is 23.5 Å². The molecule has 1 atom stereocenters. The highest BCUT2D eigenvalue weighted by molar-refractivity contribution is 8.18. The van der Waals surface area contributed by atoms with Gasteiger partial charge in [-0.15, -0.1) is 23.5 Å². The summed E-state index contributed by atoms with van der Waals surface area (Å²) in [6, 6.07) is 0. The lowest BCUT2D eigenvalue weighted by molar-refractivity contribution is -0.145. The molecule has 1 aliphatic heterocycles. The molecule has 2 aliphatic rings. The van der Waals surface area contributed by atoms with Crippen LogP contribution in [0.3, 0.4) is 0 Å². The van der Waals surface area contributed by atoms with Gasteiger partial charge >= 0.3 is 5.97 Å². The van der Waals surface area contributed by atoms with Crippen LogP contribution in [-0.4, -0.2) is 28.7 Å². The average molecular weight is 232 g/mol. The summed E-state index contributed by atoms with van der Waals surface area (Å²) in [5.41, 5.74) is 0. The maximum absolute atomic E-state index is 11.4. The molecule has 1 heterocycles. The van der Waals surface area contributed by atoms with Crippen molar-refractivity contribution in [1.29, 1.82) is 0 Å². The molecule has 2 rings (SSSR count). The van der Waals surface area contributed by atoms with Crippen LogP contribution in [0.25, 0.3) is 0 Å². The highest BCUT2D eigenvalue weighted by Crippen LogP contribution is 2.54. The normalized spacial score (nSPS) is 30.5. The van der Waals surface area contributed by atoms with Gasteiger partial charge in [-0.05, 0) is 37.2 Å². The first-order chi connectivity index (χ1) is 6.76. The molecule has 1 saturated heterocycles. The maximum Gasteiger partial charge on any atom is 0.308 e. The molecule has 1 saturated carbocycles. The van der Waals surface area contributed by atoms with E-state index in [0.29, 0.717) is 4.08 Å². The Hall–Kier alpha value is 0.170. The van der Waals surface area contributed by atoms with E-state index in [1.165, 1.54) is 31.5 Å². The van der Waals surface area contributed by atoms with Crippen molar-refractivity contribution in [3.8, 4) is 0 Å². The van der Waals surface area contributed by atoms with Crippen molar-refractivity contribution < 1.29 is 9.53 Å². The van der Waals surface area contributed by atoms with Crippen LogP contribution in [0.5, 0.6) is 0 Å². The minimum Gasteiger partial charge on any atom is -0.469 e. The molecule has 4 heteroatoms. The van der Waals surface area contributed by atoms with Crippen molar-refractivity contribution in [3.05, 3.63) is 0 Å². The summed E-state index contributed by atoms with van der Waals surface area (Å²) < 4.78 is 5.17. The molecule has 0 N–H and O–H groups in total. The van der Waals surface area contributed by atoms with Gasteiger partial charge in [-0.2, -0.15) is 0 Å². The zero-order chi connectivity index (χ0) is 10.0. The smallest absolute Gasteiger partial charge is 0.308 e. The first-order valence-corrected chi connectivity index (χ1v) is 7.09. The molecule has 2 nitrogen and oxygen atoms in total. The summed E-state index contributed by atoms with van der Waals surface area (Å²) >= 11 is 4.12. The summed E-state index contributed by atoms with van der Waals surface area (Å²) in [5.74, 6) is 2.69. The fourth-order valence-electron chi connectivity index (χ4n) is 2.22. The lowest BCUT2D eigenvalue weighted by atomic mass is 10.1. The van der Waals surface area contributed by atoms with Crippen molar-refractivity contribution in [2.75, 3.05) is 18.6 Å². The van der Waals surface area contributed by atoms with Crippen molar-refractivity contribution in [2.24, 2.45) is 5.92 Å². The minimum atomic E-state index is -0.00588. The topological polar surface area (TPSA) is 26.3 Å².